The van der Waals surface area contributed by atoms with Crippen LogP contribution in [0, 0.1) is 0 Å². The summed E-state index contributed by atoms with van der Waals surface area (Å²) in [7, 11) is 0. The zero-order valence-corrected chi connectivity index (χ0v) is 18.4. The second-order valence-electron chi connectivity index (χ2n) is 7.21. The first-order valence-electron chi connectivity index (χ1n) is 10.1. The van der Waals surface area contributed by atoms with Gasteiger partial charge in [-0.25, -0.2) is 9.59 Å². The number of carboxylic acid groups (broad SMARTS) is 1. The summed E-state index contributed by atoms with van der Waals surface area (Å²) in [5.74, 6) is -0.769. The van der Waals surface area contributed by atoms with E-state index in [9.17, 15) is 22.8 Å². The molecule has 0 fully saturated rings. The smallest absolute Gasteiger partial charge is 0.416 e. The molecule has 0 saturated heterocycles. The topological polar surface area (TPSA) is 87.7 Å². The maximum absolute atomic E-state index is 12.9. The third-order valence-corrected chi connectivity index (χ3v) is 5.13. The number of nitrogens with one attached hydrogen (secondary N) is 2. The van der Waals surface area contributed by atoms with Gasteiger partial charge in [-0.3, -0.25) is 0 Å². The minimum Gasteiger partial charge on any atom is -0.486 e. The van der Waals surface area contributed by atoms with Crippen LogP contribution in [0.3, 0.4) is 0 Å². The Morgan fingerprint density at radius 3 is 2.21 bits per heavy atom. The van der Waals surface area contributed by atoms with Gasteiger partial charge in [0.25, 0.3) is 0 Å². The molecule has 0 aliphatic rings. The van der Waals surface area contributed by atoms with E-state index in [1.807, 2.05) is 0 Å². The quantitative estimate of drug-likeness (QED) is 0.340. The summed E-state index contributed by atoms with van der Waals surface area (Å²) in [5.41, 5.74) is 0.161. The van der Waals surface area contributed by atoms with E-state index in [0.29, 0.717) is 22.0 Å². The molecule has 0 radical (unpaired) electrons. The average molecular weight is 493 g/mol. The number of carboxylic acids is 1. The van der Waals surface area contributed by atoms with E-state index in [-0.39, 0.29) is 18.5 Å². The molecular weight excluding hydrogens is 473 g/mol. The SMILES string of the molecule is O=C(NCCC(Oc1ccc(C(=O)O)cc1)c1ccc(C(F)(F)F)cc1)Nc1ccccc1Cl. The molecule has 34 heavy (non-hydrogen) atoms. The van der Waals surface area contributed by atoms with Crippen LogP contribution in [-0.4, -0.2) is 23.7 Å². The number of benzene rings is 3. The van der Waals surface area contributed by atoms with Crippen LogP contribution in [-0.2, 0) is 6.18 Å². The second-order valence-corrected chi connectivity index (χ2v) is 7.61. The molecule has 0 aliphatic heterocycles. The molecule has 3 rings (SSSR count). The summed E-state index contributed by atoms with van der Waals surface area (Å²) in [4.78, 5) is 23.2. The normalized spacial score (nSPS) is 12.0. The summed E-state index contributed by atoms with van der Waals surface area (Å²) in [5, 5.41) is 14.7. The van der Waals surface area contributed by atoms with Gasteiger partial charge in [-0.1, -0.05) is 35.9 Å². The van der Waals surface area contributed by atoms with E-state index in [1.165, 1.54) is 36.4 Å². The summed E-state index contributed by atoms with van der Waals surface area (Å²) in [6.07, 6.45) is -4.96. The molecule has 0 spiro atoms. The van der Waals surface area contributed by atoms with Crippen LogP contribution in [0.5, 0.6) is 5.75 Å². The molecule has 3 aromatic rings. The molecule has 1 unspecified atom stereocenters. The van der Waals surface area contributed by atoms with Gasteiger partial charge in [0.05, 0.1) is 21.8 Å². The lowest BCUT2D eigenvalue weighted by Crippen LogP contribution is -2.31. The molecule has 1 atom stereocenters. The van der Waals surface area contributed by atoms with Gasteiger partial charge >= 0.3 is 18.2 Å². The van der Waals surface area contributed by atoms with Gasteiger partial charge in [0, 0.05) is 13.0 Å². The summed E-state index contributed by atoms with van der Waals surface area (Å²) < 4.78 is 44.7. The first-order chi connectivity index (χ1) is 16.1. The predicted octanol–water partition coefficient (Wildman–Crippen LogP) is 6.39. The standard InChI is InChI=1S/C24H20ClF3N2O4/c25-19-3-1-2-4-20(19)30-23(33)29-14-13-21(15-5-9-17(10-6-15)24(26,27)28)34-18-11-7-16(8-12-18)22(31)32/h1-12,21H,13-14H2,(H,31,32)(H2,29,30,33). The van der Waals surface area contributed by atoms with Crippen molar-refractivity contribution in [2.75, 3.05) is 11.9 Å². The Morgan fingerprint density at radius 1 is 0.971 bits per heavy atom. The Hall–Kier alpha value is -3.72. The fourth-order valence-electron chi connectivity index (χ4n) is 3.07. The fraction of sp³-hybridized carbons (Fsp3) is 0.167. The molecule has 0 bridgehead atoms. The molecule has 3 N–H and O–H groups in total. The van der Waals surface area contributed by atoms with Crippen molar-refractivity contribution in [3.63, 3.8) is 0 Å². The number of carbonyl (C=O) groups is 2. The highest BCUT2D eigenvalue weighted by Gasteiger charge is 2.30. The van der Waals surface area contributed by atoms with Gasteiger partial charge in [-0.2, -0.15) is 13.2 Å². The molecule has 0 aliphatic carbocycles. The molecule has 10 heteroatoms. The van der Waals surface area contributed by atoms with Crippen LogP contribution >= 0.6 is 11.6 Å². The van der Waals surface area contributed by atoms with E-state index in [0.717, 1.165) is 12.1 Å². The number of halogens is 4. The number of aromatic carboxylic acids is 1. The van der Waals surface area contributed by atoms with Gasteiger partial charge < -0.3 is 20.5 Å². The van der Waals surface area contributed by atoms with E-state index in [1.54, 1.807) is 24.3 Å². The monoisotopic (exact) mass is 492 g/mol. The van der Waals surface area contributed by atoms with Crippen LogP contribution in [0.2, 0.25) is 5.02 Å². The molecule has 178 valence electrons. The third kappa shape index (κ3) is 6.89. The van der Waals surface area contributed by atoms with E-state index >= 15 is 0 Å². The van der Waals surface area contributed by atoms with Crippen LogP contribution in [0.1, 0.15) is 34.0 Å². The van der Waals surface area contributed by atoms with Crippen molar-refractivity contribution in [3.8, 4) is 5.75 Å². The van der Waals surface area contributed by atoms with Gasteiger partial charge in [-0.15, -0.1) is 0 Å². The zero-order valence-electron chi connectivity index (χ0n) is 17.6. The number of amides is 2. The fourth-order valence-corrected chi connectivity index (χ4v) is 3.25. The molecular formula is C24H20ClF3N2O4. The number of ether oxygens (including phenoxy) is 1. The number of urea groups is 1. The predicted molar refractivity (Wildman–Crippen MR) is 121 cm³/mol. The van der Waals surface area contributed by atoms with Gasteiger partial charge in [0.15, 0.2) is 0 Å². The summed E-state index contributed by atoms with van der Waals surface area (Å²) in [6, 6.07) is 16.3. The minimum absolute atomic E-state index is 0.0661. The highest BCUT2D eigenvalue weighted by atomic mass is 35.5. The van der Waals surface area contributed by atoms with Gasteiger partial charge in [-0.05, 0) is 54.1 Å². The number of rotatable bonds is 8. The lowest BCUT2D eigenvalue weighted by Gasteiger charge is -2.21. The lowest BCUT2D eigenvalue weighted by atomic mass is 10.0. The summed E-state index contributed by atoms with van der Waals surface area (Å²) in [6.45, 7) is 0.134. The van der Waals surface area contributed by atoms with Crippen molar-refractivity contribution >= 4 is 29.3 Å². The molecule has 0 aromatic heterocycles. The lowest BCUT2D eigenvalue weighted by molar-refractivity contribution is -0.137. The van der Waals surface area contributed by atoms with Crippen LogP contribution in [0.4, 0.5) is 23.7 Å². The largest absolute Gasteiger partial charge is 0.486 e. The second kappa shape index (κ2) is 10.9. The van der Waals surface area contributed by atoms with E-state index in [4.69, 9.17) is 21.4 Å². The first kappa shape index (κ1) is 24.9. The number of para-hydroxylation sites is 1. The maximum Gasteiger partial charge on any atom is 0.416 e. The Morgan fingerprint density at radius 2 is 1.62 bits per heavy atom. The maximum atomic E-state index is 12.9. The van der Waals surface area contributed by atoms with Crippen molar-refractivity contribution in [2.45, 2.75) is 18.7 Å². The Bertz CT molecular complexity index is 1140. The zero-order chi connectivity index (χ0) is 24.7. The molecule has 0 saturated carbocycles. The van der Waals surface area contributed by atoms with Gasteiger partial charge in [0.2, 0.25) is 0 Å². The van der Waals surface area contributed by atoms with Crippen LogP contribution in [0.25, 0.3) is 0 Å². The molecule has 3 aromatic carbocycles. The van der Waals surface area contributed by atoms with Crippen LogP contribution < -0.4 is 15.4 Å². The van der Waals surface area contributed by atoms with Crippen LogP contribution in [0.15, 0.2) is 72.8 Å². The highest BCUT2D eigenvalue weighted by Crippen LogP contribution is 2.31. The highest BCUT2D eigenvalue weighted by molar-refractivity contribution is 6.33. The first-order valence-corrected chi connectivity index (χ1v) is 10.5. The number of carbonyl (C=O) groups excluding carboxylic acids is 1. The Kier molecular flexibility index (Phi) is 8.01. The minimum atomic E-state index is -4.47. The number of hydrogen-bond acceptors (Lipinski definition) is 3. The number of hydrogen-bond donors (Lipinski definition) is 3. The Balaban J connectivity index is 1.70. The van der Waals surface area contributed by atoms with E-state index < -0.39 is 29.8 Å². The van der Waals surface area contributed by atoms with E-state index in [2.05, 4.69) is 10.6 Å². The number of anilines is 1. The van der Waals surface area contributed by atoms with Crippen molar-refractivity contribution in [1.82, 2.24) is 5.32 Å². The van der Waals surface area contributed by atoms with Crippen molar-refractivity contribution in [2.24, 2.45) is 0 Å². The van der Waals surface area contributed by atoms with Crippen molar-refractivity contribution in [1.29, 1.82) is 0 Å². The average Bonchev–Trinajstić information content (AvgIpc) is 2.80. The molecule has 2 amide bonds. The molecule has 6 nitrogen and oxygen atoms in total. The van der Waals surface area contributed by atoms with Crippen molar-refractivity contribution in [3.05, 3.63) is 94.5 Å². The third-order valence-electron chi connectivity index (χ3n) is 4.80. The Labute approximate surface area is 198 Å². The van der Waals surface area contributed by atoms with Gasteiger partial charge in [0.1, 0.15) is 11.9 Å². The van der Waals surface area contributed by atoms with Crippen molar-refractivity contribution < 1.29 is 32.6 Å². The molecule has 0 heterocycles. The summed E-state index contributed by atoms with van der Waals surface area (Å²) >= 11 is 6.02. The number of alkyl halides is 3.